The minimum atomic E-state index is -0.368. The van der Waals surface area contributed by atoms with E-state index < -0.39 is 0 Å². The maximum absolute atomic E-state index is 12.6. The van der Waals surface area contributed by atoms with Crippen molar-refractivity contribution in [2.45, 2.75) is 57.7 Å². The zero-order chi connectivity index (χ0) is 17.4. The summed E-state index contributed by atoms with van der Waals surface area (Å²) in [6.07, 6.45) is 4.40. The summed E-state index contributed by atoms with van der Waals surface area (Å²) >= 11 is 0. The van der Waals surface area contributed by atoms with E-state index in [1.165, 1.54) is 12.0 Å². The number of alkyl carbamates (subject to hydrolysis) is 1. The monoisotopic (exact) mass is 342 g/mol. The van der Waals surface area contributed by atoms with Gasteiger partial charge >= 0.3 is 6.09 Å². The third-order valence-electron chi connectivity index (χ3n) is 6.04. The van der Waals surface area contributed by atoms with Gasteiger partial charge in [-0.25, -0.2) is 4.79 Å². The lowest BCUT2D eigenvalue weighted by molar-refractivity contribution is -0.143. The van der Waals surface area contributed by atoms with Crippen molar-refractivity contribution in [1.82, 2.24) is 10.2 Å². The maximum atomic E-state index is 12.6. The van der Waals surface area contributed by atoms with Crippen molar-refractivity contribution in [1.29, 1.82) is 0 Å². The predicted octanol–water partition coefficient (Wildman–Crippen LogP) is 3.01. The predicted molar refractivity (Wildman–Crippen MR) is 93.9 cm³/mol. The first-order valence-electron chi connectivity index (χ1n) is 9.42. The van der Waals surface area contributed by atoms with Crippen molar-refractivity contribution in [2.24, 2.45) is 11.8 Å². The molecule has 1 aliphatic carbocycles. The second-order valence-electron chi connectivity index (χ2n) is 7.71. The van der Waals surface area contributed by atoms with E-state index in [4.69, 9.17) is 4.74 Å². The number of hydrogen-bond donors (Lipinski definition) is 1. The van der Waals surface area contributed by atoms with Gasteiger partial charge in [0.2, 0.25) is 5.91 Å². The number of rotatable bonds is 3. The first-order valence-corrected chi connectivity index (χ1v) is 9.42. The lowest BCUT2D eigenvalue weighted by Crippen LogP contribution is -2.53. The van der Waals surface area contributed by atoms with Crippen LogP contribution in [0.1, 0.15) is 43.2 Å². The molecule has 2 bridgehead atoms. The molecule has 1 N–H and O–H groups in total. The molecule has 2 saturated heterocycles. The zero-order valence-electron chi connectivity index (χ0n) is 14.7. The van der Waals surface area contributed by atoms with Gasteiger partial charge < -0.3 is 15.0 Å². The van der Waals surface area contributed by atoms with E-state index >= 15 is 0 Å². The smallest absolute Gasteiger partial charge is 0.407 e. The lowest BCUT2D eigenvalue weighted by atomic mass is 9.84. The van der Waals surface area contributed by atoms with Gasteiger partial charge in [0.05, 0.1) is 0 Å². The molecule has 1 aromatic rings. The van der Waals surface area contributed by atoms with Gasteiger partial charge in [-0.15, -0.1) is 0 Å². The molecule has 3 fully saturated rings. The summed E-state index contributed by atoms with van der Waals surface area (Å²) in [5, 5.41) is 2.85. The molecule has 0 aromatic heterocycles. The highest BCUT2D eigenvalue weighted by Gasteiger charge is 2.52. The van der Waals surface area contributed by atoms with Crippen LogP contribution in [0.5, 0.6) is 0 Å². The highest BCUT2D eigenvalue weighted by atomic mass is 16.6. The molecule has 4 atom stereocenters. The van der Waals surface area contributed by atoms with Crippen LogP contribution in [0.3, 0.4) is 0 Å². The van der Waals surface area contributed by atoms with Gasteiger partial charge in [0.15, 0.2) is 0 Å². The Balaban J connectivity index is 1.35. The Bertz CT molecular complexity index is 657. The molecule has 4 rings (SSSR count). The Morgan fingerprint density at radius 2 is 2.04 bits per heavy atom. The van der Waals surface area contributed by atoms with E-state index in [0.29, 0.717) is 18.9 Å². The van der Waals surface area contributed by atoms with Crippen LogP contribution in [0.2, 0.25) is 0 Å². The fourth-order valence-electron chi connectivity index (χ4n) is 4.74. The van der Waals surface area contributed by atoms with Gasteiger partial charge in [-0.2, -0.15) is 0 Å². The number of ether oxygens (including phenoxy) is 1. The topological polar surface area (TPSA) is 58.6 Å². The average molecular weight is 342 g/mol. The summed E-state index contributed by atoms with van der Waals surface area (Å²) in [7, 11) is 0. The number of fused-ring (bicyclic) bond motifs is 4. The number of carbonyl (C=O) groups excluding carboxylic acids is 2. The zero-order valence-corrected chi connectivity index (χ0v) is 14.7. The van der Waals surface area contributed by atoms with Gasteiger partial charge in [0.25, 0.3) is 0 Å². The molecule has 25 heavy (non-hydrogen) atoms. The minimum absolute atomic E-state index is 0.0502. The Hall–Kier alpha value is -2.04. The number of amides is 2. The van der Waals surface area contributed by atoms with Crippen molar-refractivity contribution < 1.29 is 14.3 Å². The van der Waals surface area contributed by atoms with Crippen molar-refractivity contribution in [3.63, 3.8) is 0 Å². The number of nitrogens with one attached hydrogen (secondary N) is 1. The molecule has 1 saturated carbocycles. The van der Waals surface area contributed by atoms with E-state index in [-0.39, 0.29) is 30.1 Å². The largest absolute Gasteiger partial charge is 0.446 e. The first kappa shape index (κ1) is 16.4. The van der Waals surface area contributed by atoms with Crippen molar-refractivity contribution in [3.05, 3.63) is 35.4 Å². The molecule has 3 unspecified atom stereocenters. The van der Waals surface area contributed by atoms with Crippen LogP contribution < -0.4 is 5.32 Å². The number of piperidine rings is 2. The third-order valence-corrected chi connectivity index (χ3v) is 6.04. The number of aryl methyl sites for hydroxylation is 1. The summed E-state index contributed by atoms with van der Waals surface area (Å²) in [4.78, 5) is 26.9. The van der Waals surface area contributed by atoms with Gasteiger partial charge in [0.1, 0.15) is 6.10 Å². The van der Waals surface area contributed by atoms with Crippen molar-refractivity contribution in [3.8, 4) is 0 Å². The third kappa shape index (κ3) is 3.24. The number of nitrogens with zero attached hydrogens (tertiary/aromatic N) is 1. The first-order chi connectivity index (χ1) is 12.1. The molecule has 2 heterocycles. The second kappa shape index (κ2) is 6.70. The summed E-state index contributed by atoms with van der Waals surface area (Å²) in [5.74, 6) is 0.648. The van der Waals surface area contributed by atoms with Crippen LogP contribution in [0.4, 0.5) is 4.79 Å². The highest BCUT2D eigenvalue weighted by molar-refractivity contribution is 5.81. The number of hydrogen-bond acceptors (Lipinski definition) is 3. The van der Waals surface area contributed by atoms with Crippen molar-refractivity contribution in [2.75, 3.05) is 6.54 Å². The summed E-state index contributed by atoms with van der Waals surface area (Å²) in [5.41, 5.74) is 2.26. The number of benzene rings is 1. The molecule has 0 radical (unpaired) electrons. The lowest BCUT2D eigenvalue weighted by Gasteiger charge is -2.43. The maximum Gasteiger partial charge on any atom is 0.407 e. The van der Waals surface area contributed by atoms with Gasteiger partial charge in [-0.3, -0.25) is 4.79 Å². The van der Waals surface area contributed by atoms with Crippen LogP contribution in [0, 0.1) is 18.8 Å². The Morgan fingerprint density at radius 1 is 1.24 bits per heavy atom. The normalized spacial score (nSPS) is 30.8. The highest BCUT2D eigenvalue weighted by Crippen LogP contribution is 2.45. The Labute approximate surface area is 148 Å². The van der Waals surface area contributed by atoms with Crippen molar-refractivity contribution >= 4 is 12.0 Å². The molecule has 2 amide bonds. The fraction of sp³-hybridized carbons (Fsp3) is 0.600. The van der Waals surface area contributed by atoms with Crippen LogP contribution in [-0.2, 0) is 16.1 Å². The molecule has 2 aliphatic heterocycles. The van der Waals surface area contributed by atoms with Crippen LogP contribution in [-0.4, -0.2) is 35.6 Å². The number of carbonyl (C=O) groups is 2. The average Bonchev–Trinajstić information content (AvgIpc) is 3.00. The van der Waals surface area contributed by atoms with Crippen LogP contribution >= 0.6 is 0 Å². The summed E-state index contributed by atoms with van der Waals surface area (Å²) < 4.78 is 5.74. The molecular weight excluding hydrogens is 316 g/mol. The van der Waals surface area contributed by atoms with E-state index in [0.717, 1.165) is 31.4 Å². The standard InChI is InChI=1S/C20H26N2O3/c1-13-5-7-14(8-6-13)12-21-20(24)25-18-11-15-10-16(18)17-4-2-3-9-22(17)19(15)23/h5-8,15-18H,2-4,9-12H2,1H3,(H,21,24)/t15?,16?,17-,18?/m1/s1. The molecule has 5 heteroatoms. The summed E-state index contributed by atoms with van der Waals surface area (Å²) in [6.45, 7) is 3.39. The Kier molecular flexibility index (Phi) is 4.40. The molecule has 134 valence electrons. The summed E-state index contributed by atoms with van der Waals surface area (Å²) in [6, 6.07) is 8.36. The second-order valence-corrected chi connectivity index (χ2v) is 7.71. The van der Waals surface area contributed by atoms with Crippen LogP contribution in [0.15, 0.2) is 24.3 Å². The van der Waals surface area contributed by atoms with Gasteiger partial charge in [-0.1, -0.05) is 29.8 Å². The van der Waals surface area contributed by atoms with Gasteiger partial charge in [-0.05, 0) is 44.6 Å². The van der Waals surface area contributed by atoms with Crippen LogP contribution in [0.25, 0.3) is 0 Å². The quantitative estimate of drug-likeness (QED) is 0.919. The molecule has 1 aromatic carbocycles. The van der Waals surface area contributed by atoms with E-state index in [9.17, 15) is 9.59 Å². The molecular formula is C20H26N2O3. The van der Waals surface area contributed by atoms with E-state index in [1.807, 2.05) is 31.2 Å². The molecule has 5 nitrogen and oxygen atoms in total. The van der Waals surface area contributed by atoms with E-state index in [1.54, 1.807) is 0 Å². The Morgan fingerprint density at radius 3 is 2.84 bits per heavy atom. The molecule has 3 aliphatic rings. The fourth-order valence-corrected chi connectivity index (χ4v) is 4.74. The minimum Gasteiger partial charge on any atom is -0.446 e. The van der Waals surface area contributed by atoms with E-state index in [2.05, 4.69) is 10.2 Å². The van der Waals surface area contributed by atoms with Gasteiger partial charge in [0, 0.05) is 31.0 Å². The SMILES string of the molecule is Cc1ccc(CNC(=O)OC2CC3CC2[C@H]2CCCCN2C3=O)cc1. The molecule has 0 spiro atoms.